The average Bonchev–Trinajstić information content (AvgIpc) is 2.73. The number of likely N-dealkylation sites (N-methyl/N-ethyl adjacent to an activating group) is 1. The lowest BCUT2D eigenvalue weighted by molar-refractivity contribution is -0.204. The number of nitrogens with zero attached hydrogens (tertiary/aromatic N) is 1. The predicted octanol–water partition coefficient (Wildman–Crippen LogP) is 1.34. The summed E-state index contributed by atoms with van der Waals surface area (Å²) in [6.45, 7) is 7.93. The quantitative estimate of drug-likeness (QED) is 0.808. The Morgan fingerprint density at radius 3 is 2.94 bits per heavy atom. The van der Waals surface area contributed by atoms with Crippen molar-refractivity contribution >= 4 is 0 Å². The Kier molecular flexibility index (Phi) is 4.42. The summed E-state index contributed by atoms with van der Waals surface area (Å²) < 4.78 is 12.1. The maximum Gasteiger partial charge on any atom is 0.181 e. The van der Waals surface area contributed by atoms with Crippen molar-refractivity contribution in [3.63, 3.8) is 0 Å². The molecule has 17 heavy (non-hydrogen) atoms. The molecule has 0 radical (unpaired) electrons. The Labute approximate surface area is 104 Å². The third kappa shape index (κ3) is 2.81. The van der Waals surface area contributed by atoms with E-state index in [0.29, 0.717) is 19.2 Å². The first-order valence-corrected chi connectivity index (χ1v) is 6.95. The standard InChI is InChI=1S/C13H26N2O2/c1-3-15-9-5-4-6-12(15)13(2)16-10-11(17-13)7-8-14/h11-12H,3-10,14H2,1-2H3. The Hall–Kier alpha value is -0.160. The van der Waals surface area contributed by atoms with Crippen molar-refractivity contribution in [3.8, 4) is 0 Å². The van der Waals surface area contributed by atoms with Gasteiger partial charge in [-0.1, -0.05) is 13.3 Å². The van der Waals surface area contributed by atoms with Gasteiger partial charge in [0.15, 0.2) is 5.79 Å². The van der Waals surface area contributed by atoms with Gasteiger partial charge in [0.25, 0.3) is 0 Å². The van der Waals surface area contributed by atoms with Crippen LogP contribution in [0.5, 0.6) is 0 Å². The van der Waals surface area contributed by atoms with E-state index >= 15 is 0 Å². The summed E-state index contributed by atoms with van der Waals surface area (Å²) in [5, 5.41) is 0. The molecule has 2 heterocycles. The zero-order chi connectivity index (χ0) is 12.3. The lowest BCUT2D eigenvalue weighted by Gasteiger charge is -2.43. The number of rotatable bonds is 4. The molecule has 3 atom stereocenters. The zero-order valence-corrected chi connectivity index (χ0v) is 11.2. The fourth-order valence-electron chi connectivity index (χ4n) is 3.12. The lowest BCUT2D eigenvalue weighted by atomic mass is 9.95. The van der Waals surface area contributed by atoms with E-state index in [2.05, 4.69) is 18.7 Å². The minimum atomic E-state index is -0.420. The molecule has 0 aliphatic carbocycles. The van der Waals surface area contributed by atoms with E-state index in [4.69, 9.17) is 15.2 Å². The van der Waals surface area contributed by atoms with Crippen LogP contribution in [0.1, 0.15) is 39.5 Å². The van der Waals surface area contributed by atoms with Gasteiger partial charge in [0.1, 0.15) is 0 Å². The van der Waals surface area contributed by atoms with Crippen LogP contribution in [0.25, 0.3) is 0 Å². The van der Waals surface area contributed by atoms with E-state index in [-0.39, 0.29) is 6.10 Å². The van der Waals surface area contributed by atoms with Crippen LogP contribution >= 0.6 is 0 Å². The molecule has 3 unspecified atom stereocenters. The van der Waals surface area contributed by atoms with Gasteiger partial charge in [-0.25, -0.2) is 0 Å². The van der Waals surface area contributed by atoms with E-state index in [9.17, 15) is 0 Å². The van der Waals surface area contributed by atoms with Gasteiger partial charge in [0.2, 0.25) is 0 Å². The third-order valence-electron chi connectivity index (χ3n) is 4.07. The second kappa shape index (κ2) is 5.65. The molecule has 0 spiro atoms. The van der Waals surface area contributed by atoms with Gasteiger partial charge in [-0.3, -0.25) is 4.90 Å². The number of ether oxygens (including phenoxy) is 2. The van der Waals surface area contributed by atoms with E-state index in [1.165, 1.54) is 25.8 Å². The van der Waals surface area contributed by atoms with Crippen molar-refractivity contribution in [2.75, 3.05) is 26.2 Å². The first-order valence-electron chi connectivity index (χ1n) is 6.95. The van der Waals surface area contributed by atoms with Crippen molar-refractivity contribution in [3.05, 3.63) is 0 Å². The van der Waals surface area contributed by atoms with Crippen LogP contribution in [-0.4, -0.2) is 49.1 Å². The largest absolute Gasteiger partial charge is 0.346 e. The topological polar surface area (TPSA) is 47.7 Å². The molecule has 2 N–H and O–H groups in total. The Morgan fingerprint density at radius 2 is 2.24 bits per heavy atom. The number of likely N-dealkylation sites (tertiary alicyclic amines) is 1. The summed E-state index contributed by atoms with van der Waals surface area (Å²) in [6, 6.07) is 0.407. The van der Waals surface area contributed by atoms with E-state index in [1.54, 1.807) is 0 Å². The maximum atomic E-state index is 6.12. The van der Waals surface area contributed by atoms with Gasteiger partial charge < -0.3 is 15.2 Å². The smallest absolute Gasteiger partial charge is 0.181 e. The minimum Gasteiger partial charge on any atom is -0.346 e. The zero-order valence-electron chi connectivity index (χ0n) is 11.2. The molecule has 2 fully saturated rings. The molecular formula is C13H26N2O2. The molecule has 2 aliphatic rings. The van der Waals surface area contributed by atoms with Crippen molar-refractivity contribution in [2.24, 2.45) is 5.73 Å². The fraction of sp³-hybridized carbons (Fsp3) is 1.00. The summed E-state index contributed by atoms with van der Waals surface area (Å²) >= 11 is 0. The monoisotopic (exact) mass is 242 g/mol. The average molecular weight is 242 g/mol. The molecule has 2 rings (SSSR count). The molecule has 2 aliphatic heterocycles. The van der Waals surface area contributed by atoms with Crippen LogP contribution in [0.3, 0.4) is 0 Å². The summed E-state index contributed by atoms with van der Waals surface area (Å²) in [5.74, 6) is -0.420. The molecule has 4 heteroatoms. The second-order valence-electron chi connectivity index (χ2n) is 5.28. The van der Waals surface area contributed by atoms with Crippen molar-refractivity contribution in [1.82, 2.24) is 4.90 Å². The highest BCUT2D eigenvalue weighted by Crippen LogP contribution is 2.35. The van der Waals surface area contributed by atoms with Crippen molar-refractivity contribution in [2.45, 2.75) is 57.5 Å². The molecule has 0 aromatic heterocycles. The van der Waals surface area contributed by atoms with Gasteiger partial charge in [0.05, 0.1) is 18.8 Å². The molecule has 0 aromatic carbocycles. The summed E-state index contributed by atoms with van der Waals surface area (Å²) in [7, 11) is 0. The van der Waals surface area contributed by atoms with E-state index in [0.717, 1.165) is 13.0 Å². The molecule has 0 bridgehead atoms. The molecule has 100 valence electrons. The Morgan fingerprint density at radius 1 is 1.41 bits per heavy atom. The van der Waals surface area contributed by atoms with Crippen LogP contribution in [-0.2, 0) is 9.47 Å². The molecule has 4 nitrogen and oxygen atoms in total. The molecule has 0 saturated carbocycles. The number of piperidine rings is 1. The maximum absolute atomic E-state index is 6.12. The normalized spacial score (nSPS) is 39.7. The highest BCUT2D eigenvalue weighted by atomic mass is 16.7. The Bertz CT molecular complexity index is 250. The van der Waals surface area contributed by atoms with Crippen LogP contribution < -0.4 is 5.73 Å². The van der Waals surface area contributed by atoms with Gasteiger partial charge in [-0.05, 0) is 45.8 Å². The van der Waals surface area contributed by atoms with Crippen LogP contribution in [0, 0.1) is 0 Å². The fourth-order valence-corrected chi connectivity index (χ4v) is 3.12. The number of hydrogen-bond donors (Lipinski definition) is 1. The van der Waals surface area contributed by atoms with Crippen molar-refractivity contribution < 1.29 is 9.47 Å². The Balaban J connectivity index is 1.99. The highest BCUT2D eigenvalue weighted by molar-refractivity contribution is 4.91. The van der Waals surface area contributed by atoms with E-state index < -0.39 is 5.79 Å². The SMILES string of the molecule is CCN1CCCCC1C1(C)OCC(CCN)O1. The minimum absolute atomic E-state index is 0.186. The second-order valence-corrected chi connectivity index (χ2v) is 5.28. The number of nitrogens with two attached hydrogens (primary N) is 1. The summed E-state index contributed by atoms with van der Waals surface area (Å²) in [6.07, 6.45) is 4.84. The number of hydrogen-bond acceptors (Lipinski definition) is 4. The summed E-state index contributed by atoms with van der Waals surface area (Å²) in [5.41, 5.74) is 5.58. The van der Waals surface area contributed by atoms with Gasteiger partial charge in [0, 0.05) is 0 Å². The third-order valence-corrected chi connectivity index (χ3v) is 4.07. The summed E-state index contributed by atoms with van der Waals surface area (Å²) in [4.78, 5) is 2.49. The predicted molar refractivity (Wildman–Crippen MR) is 67.8 cm³/mol. The lowest BCUT2D eigenvalue weighted by Crippen LogP contribution is -2.54. The first kappa shape index (κ1) is 13.3. The van der Waals surface area contributed by atoms with Gasteiger partial charge in [-0.15, -0.1) is 0 Å². The highest BCUT2D eigenvalue weighted by Gasteiger charge is 2.46. The molecule has 2 saturated heterocycles. The van der Waals surface area contributed by atoms with Crippen LogP contribution in [0.4, 0.5) is 0 Å². The van der Waals surface area contributed by atoms with Crippen molar-refractivity contribution in [1.29, 1.82) is 0 Å². The van der Waals surface area contributed by atoms with Crippen LogP contribution in [0.2, 0.25) is 0 Å². The molecule has 0 aromatic rings. The first-order chi connectivity index (χ1) is 8.19. The van der Waals surface area contributed by atoms with Crippen LogP contribution in [0.15, 0.2) is 0 Å². The van der Waals surface area contributed by atoms with Gasteiger partial charge >= 0.3 is 0 Å². The van der Waals surface area contributed by atoms with E-state index in [1.807, 2.05) is 0 Å². The van der Waals surface area contributed by atoms with Gasteiger partial charge in [-0.2, -0.15) is 0 Å². The molecular weight excluding hydrogens is 216 g/mol. The molecule has 0 amide bonds.